The Hall–Kier alpha value is -1.57. The molecule has 4 aliphatic rings. The van der Waals surface area contributed by atoms with Crippen molar-refractivity contribution in [1.82, 2.24) is 0 Å². The van der Waals surface area contributed by atoms with E-state index in [0.717, 1.165) is 36.5 Å². The van der Waals surface area contributed by atoms with Gasteiger partial charge in [0.2, 0.25) is 0 Å². The van der Waals surface area contributed by atoms with Gasteiger partial charge in [0.15, 0.2) is 0 Å². The lowest BCUT2D eigenvalue weighted by Crippen LogP contribution is -2.46. The normalized spacial score (nSPS) is 36.7. The second kappa shape index (κ2) is 10.3. The van der Waals surface area contributed by atoms with Gasteiger partial charge in [-0.25, -0.2) is 4.79 Å². The minimum absolute atomic E-state index is 0.0781. The number of fused-ring (bicyclic) bond motifs is 4. The third-order valence-electron chi connectivity index (χ3n) is 11.4. The van der Waals surface area contributed by atoms with E-state index in [-0.39, 0.29) is 12.1 Å². The van der Waals surface area contributed by atoms with E-state index in [4.69, 9.17) is 4.74 Å². The average molecular weight is 491 g/mol. The first-order chi connectivity index (χ1) is 17.2. The molecule has 0 spiro atoms. The van der Waals surface area contributed by atoms with Crippen LogP contribution in [0.5, 0.6) is 0 Å². The van der Waals surface area contributed by atoms with Gasteiger partial charge in [-0.15, -0.1) is 0 Å². The number of hydrogen-bond acceptors (Lipinski definition) is 2. The quantitative estimate of drug-likeness (QED) is 0.281. The van der Waals surface area contributed by atoms with E-state index in [2.05, 4.69) is 34.6 Å². The molecule has 0 bridgehead atoms. The fourth-order valence-electron chi connectivity index (χ4n) is 9.35. The maximum Gasteiger partial charge on any atom is 0.338 e. The molecule has 2 saturated carbocycles. The molecule has 7 atom stereocenters. The van der Waals surface area contributed by atoms with Gasteiger partial charge in [0.25, 0.3) is 0 Å². The summed E-state index contributed by atoms with van der Waals surface area (Å²) in [7, 11) is 0. The van der Waals surface area contributed by atoms with Crippen LogP contribution in [0.15, 0.2) is 41.5 Å². The van der Waals surface area contributed by atoms with Crippen LogP contribution < -0.4 is 0 Å². The van der Waals surface area contributed by atoms with Crippen molar-refractivity contribution in [2.45, 2.75) is 118 Å². The molecule has 0 amide bonds. The van der Waals surface area contributed by atoms with Gasteiger partial charge in [0.1, 0.15) is 6.10 Å². The number of ether oxygens (including phenoxy) is 1. The van der Waals surface area contributed by atoms with Crippen molar-refractivity contribution >= 4 is 5.97 Å². The monoisotopic (exact) mass is 490 g/mol. The van der Waals surface area contributed by atoms with Gasteiger partial charge in [-0.1, -0.05) is 83.2 Å². The summed E-state index contributed by atoms with van der Waals surface area (Å²) in [6.45, 7) is 12.5. The predicted molar refractivity (Wildman–Crippen MR) is 149 cm³/mol. The molecule has 4 aliphatic carbocycles. The van der Waals surface area contributed by atoms with Crippen molar-refractivity contribution in [2.75, 3.05) is 0 Å². The number of carbonyl (C=O) groups is 1. The fraction of sp³-hybridized carbons (Fsp3) is 0.735. The maximum absolute atomic E-state index is 12.7. The van der Waals surface area contributed by atoms with Gasteiger partial charge in [-0.3, -0.25) is 0 Å². The molecule has 0 saturated heterocycles. The molecule has 5 rings (SSSR count). The number of hydrogen-bond donors (Lipinski definition) is 0. The van der Waals surface area contributed by atoms with E-state index in [1.54, 1.807) is 0 Å². The first-order valence-corrected chi connectivity index (χ1v) is 15.2. The average Bonchev–Trinajstić information content (AvgIpc) is 3.22. The lowest BCUT2D eigenvalue weighted by atomic mass is 9.50. The first kappa shape index (κ1) is 26.1. The van der Waals surface area contributed by atoms with Gasteiger partial charge in [0, 0.05) is 0 Å². The number of benzene rings is 1. The number of allylic oxidation sites excluding steroid dienone is 2. The minimum atomic E-state index is -0.145. The molecule has 1 aromatic rings. The van der Waals surface area contributed by atoms with Crippen LogP contribution in [0.4, 0.5) is 0 Å². The summed E-state index contributed by atoms with van der Waals surface area (Å²) in [5.74, 6) is 3.94. The van der Waals surface area contributed by atoms with Crippen LogP contribution in [0, 0.1) is 40.4 Å². The van der Waals surface area contributed by atoms with Crippen molar-refractivity contribution in [3.05, 3.63) is 47.0 Å². The highest BCUT2D eigenvalue weighted by molar-refractivity contribution is 5.89. The highest BCUT2D eigenvalue weighted by atomic mass is 16.5. The molecule has 1 aromatic carbocycles. The van der Waals surface area contributed by atoms with Crippen molar-refractivity contribution in [1.29, 1.82) is 0 Å². The summed E-state index contributed by atoms with van der Waals surface area (Å²) in [5, 5.41) is 0. The van der Waals surface area contributed by atoms with Crippen LogP contribution in [0.25, 0.3) is 0 Å². The Labute approximate surface area is 220 Å². The zero-order valence-electron chi connectivity index (χ0n) is 23.7. The first-order valence-electron chi connectivity index (χ1n) is 15.2. The Bertz CT molecular complexity index is 961. The topological polar surface area (TPSA) is 26.3 Å². The van der Waals surface area contributed by atoms with Crippen LogP contribution in [-0.4, -0.2) is 12.1 Å². The molecule has 0 unspecified atom stereocenters. The zero-order chi connectivity index (χ0) is 25.5. The molecule has 198 valence electrons. The lowest BCUT2D eigenvalue weighted by Gasteiger charge is -2.55. The van der Waals surface area contributed by atoms with Crippen LogP contribution in [0.1, 0.15) is 122 Å². The van der Waals surface area contributed by atoms with E-state index in [1.165, 1.54) is 64.2 Å². The highest BCUT2D eigenvalue weighted by Crippen LogP contribution is 2.66. The minimum Gasteiger partial charge on any atom is -0.459 e. The van der Waals surface area contributed by atoms with Crippen LogP contribution in [0.3, 0.4) is 0 Å². The van der Waals surface area contributed by atoms with Crippen molar-refractivity contribution < 1.29 is 9.53 Å². The van der Waals surface area contributed by atoms with E-state index < -0.39 is 0 Å². The Balaban J connectivity index is 1.27. The fourth-order valence-corrected chi connectivity index (χ4v) is 9.35. The molecule has 36 heavy (non-hydrogen) atoms. The van der Waals surface area contributed by atoms with Crippen LogP contribution in [0.2, 0.25) is 0 Å². The van der Waals surface area contributed by atoms with Gasteiger partial charge in [-0.2, -0.15) is 0 Å². The Kier molecular flexibility index (Phi) is 7.45. The number of rotatable bonds is 7. The standard InChI is InChI=1S/C34H50O2/c1-23(2)10-9-11-24(3)29-16-17-30-28-15-14-26-22-27(36-32(35)25-12-7-6-8-13-25)18-20-33(26,4)31(28)19-21-34(29,30)5/h6-8,12-13,23-24,26-27,29-30H,9-11,14-22H2,1-5H3/t24-,26+,27+,29+,30-,33+,34-/m1/s1. The summed E-state index contributed by atoms with van der Waals surface area (Å²) in [5.41, 5.74) is 5.26. The molecule has 0 heterocycles. The Morgan fingerprint density at radius 1 is 0.972 bits per heavy atom. The number of carbonyl (C=O) groups excluding carboxylic acids is 1. The van der Waals surface area contributed by atoms with Gasteiger partial charge >= 0.3 is 5.97 Å². The molecule has 0 radical (unpaired) electrons. The summed E-state index contributed by atoms with van der Waals surface area (Å²) in [6.07, 6.45) is 15.7. The van der Waals surface area contributed by atoms with Crippen LogP contribution in [-0.2, 0) is 4.74 Å². The molecular weight excluding hydrogens is 440 g/mol. The van der Waals surface area contributed by atoms with E-state index in [1.807, 2.05) is 41.5 Å². The SMILES string of the molecule is CC(C)CCC[C@@H](C)[C@@H]1CC[C@@H]2C3=C(CC[C@@]21C)[C@@]1(C)CC[C@H](OC(=O)c2ccccc2)C[C@@H]1CC3. The number of esters is 1. The predicted octanol–water partition coefficient (Wildman–Crippen LogP) is 9.40. The van der Waals surface area contributed by atoms with E-state index in [0.29, 0.717) is 22.3 Å². The molecule has 2 nitrogen and oxygen atoms in total. The van der Waals surface area contributed by atoms with E-state index >= 15 is 0 Å². The zero-order valence-corrected chi connectivity index (χ0v) is 23.7. The van der Waals surface area contributed by atoms with E-state index in [9.17, 15) is 4.79 Å². The smallest absolute Gasteiger partial charge is 0.338 e. The third kappa shape index (κ3) is 4.71. The summed E-state index contributed by atoms with van der Waals surface area (Å²) >= 11 is 0. The molecule has 2 heteroatoms. The Morgan fingerprint density at radius 2 is 1.75 bits per heavy atom. The second-order valence-electron chi connectivity index (χ2n) is 13.9. The largest absolute Gasteiger partial charge is 0.459 e. The summed E-state index contributed by atoms with van der Waals surface area (Å²) < 4.78 is 6.03. The lowest BCUT2D eigenvalue weighted by molar-refractivity contribution is -0.0157. The Morgan fingerprint density at radius 3 is 2.50 bits per heavy atom. The second-order valence-corrected chi connectivity index (χ2v) is 13.9. The van der Waals surface area contributed by atoms with Crippen molar-refractivity contribution in [3.63, 3.8) is 0 Å². The molecule has 0 N–H and O–H groups in total. The van der Waals surface area contributed by atoms with Crippen molar-refractivity contribution in [2.24, 2.45) is 40.4 Å². The van der Waals surface area contributed by atoms with Crippen LogP contribution >= 0.6 is 0 Å². The van der Waals surface area contributed by atoms with Crippen molar-refractivity contribution in [3.8, 4) is 0 Å². The summed E-state index contributed by atoms with van der Waals surface area (Å²) in [6, 6.07) is 9.52. The van der Waals surface area contributed by atoms with Gasteiger partial charge in [0.05, 0.1) is 5.56 Å². The van der Waals surface area contributed by atoms with Gasteiger partial charge < -0.3 is 4.74 Å². The summed E-state index contributed by atoms with van der Waals surface area (Å²) in [4.78, 5) is 12.7. The third-order valence-corrected chi connectivity index (χ3v) is 11.4. The molecule has 2 fully saturated rings. The molecular formula is C34H50O2. The molecule has 0 aromatic heterocycles. The van der Waals surface area contributed by atoms with Gasteiger partial charge in [-0.05, 0) is 110 Å². The highest BCUT2D eigenvalue weighted by Gasteiger charge is 2.56. The molecule has 0 aliphatic heterocycles. The maximum atomic E-state index is 12.7.